The van der Waals surface area contributed by atoms with Gasteiger partial charge in [-0.2, -0.15) is 4.98 Å². The highest BCUT2D eigenvalue weighted by molar-refractivity contribution is 5.79. The van der Waals surface area contributed by atoms with Gasteiger partial charge in [0.2, 0.25) is 5.95 Å². The molecule has 9 nitrogen and oxygen atoms in total. The normalized spacial score (nSPS) is 22.1. The van der Waals surface area contributed by atoms with Gasteiger partial charge in [0.05, 0.1) is 11.1 Å². The molecule has 10 heteroatoms. The molecule has 3 aromatic heterocycles. The first-order valence-corrected chi connectivity index (χ1v) is 15.2. The van der Waals surface area contributed by atoms with Crippen molar-refractivity contribution in [2.45, 2.75) is 50.7 Å². The fraction of sp³-hybridized carbons (Fsp3) is 0.469. The number of anilines is 3. The Kier molecular flexibility index (Phi) is 7.08. The number of hydrogen-bond acceptors (Lipinski definition) is 8. The zero-order chi connectivity index (χ0) is 28.8. The maximum atomic E-state index is 14.9. The van der Waals surface area contributed by atoms with E-state index in [0.29, 0.717) is 47.4 Å². The van der Waals surface area contributed by atoms with Crippen molar-refractivity contribution in [3.8, 4) is 5.82 Å². The Bertz CT molecular complexity index is 1570. The van der Waals surface area contributed by atoms with Crippen LogP contribution in [-0.4, -0.2) is 86.8 Å². The molecule has 1 atom stereocenters. The van der Waals surface area contributed by atoms with E-state index in [1.165, 1.54) is 57.1 Å². The summed E-state index contributed by atoms with van der Waals surface area (Å²) >= 11 is 0. The Morgan fingerprint density at radius 3 is 2.50 bits per heavy atom. The summed E-state index contributed by atoms with van der Waals surface area (Å²) in [4.78, 5) is 21.4. The number of hydrogen-bond donors (Lipinski definition) is 2. The molecule has 7 rings (SSSR count). The molecular weight excluding hydrogens is 531 g/mol. The summed E-state index contributed by atoms with van der Waals surface area (Å²) in [5, 5.41) is 14.6. The number of nitrogens with one attached hydrogen (secondary N) is 1. The number of halogens is 1. The average molecular weight is 571 g/mol. The second-order valence-corrected chi connectivity index (χ2v) is 12.1. The first-order valence-electron chi connectivity index (χ1n) is 15.2. The molecule has 3 aliphatic rings. The molecule has 5 heterocycles. The van der Waals surface area contributed by atoms with E-state index in [9.17, 15) is 9.50 Å². The highest BCUT2D eigenvalue weighted by Gasteiger charge is 2.37. The van der Waals surface area contributed by atoms with Gasteiger partial charge < -0.3 is 20.2 Å². The summed E-state index contributed by atoms with van der Waals surface area (Å²) in [6.45, 7) is 8.79. The van der Waals surface area contributed by atoms with Gasteiger partial charge >= 0.3 is 0 Å². The molecule has 0 bridgehead atoms. The van der Waals surface area contributed by atoms with Crippen LogP contribution in [-0.2, 0) is 12.0 Å². The van der Waals surface area contributed by atoms with E-state index in [1.807, 2.05) is 31.2 Å². The number of piperidine rings is 1. The summed E-state index contributed by atoms with van der Waals surface area (Å²) in [5.41, 5.74) is 3.30. The quantitative estimate of drug-likeness (QED) is 0.352. The lowest BCUT2D eigenvalue weighted by Crippen LogP contribution is -2.52. The smallest absolute Gasteiger partial charge is 0.229 e. The van der Waals surface area contributed by atoms with Crippen molar-refractivity contribution in [1.82, 2.24) is 29.3 Å². The summed E-state index contributed by atoms with van der Waals surface area (Å²) in [5.74, 6) is 0.501. The van der Waals surface area contributed by atoms with Crippen molar-refractivity contribution in [2.75, 3.05) is 56.5 Å². The molecule has 4 aromatic rings. The number of aromatic nitrogens is 4. The van der Waals surface area contributed by atoms with Crippen molar-refractivity contribution in [1.29, 1.82) is 0 Å². The van der Waals surface area contributed by atoms with Crippen molar-refractivity contribution in [3.63, 3.8) is 0 Å². The minimum absolute atomic E-state index is 0.323. The third-order valence-corrected chi connectivity index (χ3v) is 9.55. The van der Waals surface area contributed by atoms with Crippen molar-refractivity contribution < 1.29 is 9.50 Å². The van der Waals surface area contributed by atoms with Crippen LogP contribution in [0.4, 0.5) is 21.7 Å². The highest BCUT2D eigenvalue weighted by Crippen LogP contribution is 2.38. The van der Waals surface area contributed by atoms with Gasteiger partial charge in [-0.15, -0.1) is 0 Å². The molecular formula is C32H39FN8O. The van der Waals surface area contributed by atoms with Crippen molar-refractivity contribution >= 4 is 28.4 Å². The number of nitrogens with zero attached hydrogens (tertiary/aromatic N) is 7. The van der Waals surface area contributed by atoms with Crippen LogP contribution in [0.5, 0.6) is 0 Å². The van der Waals surface area contributed by atoms with Crippen LogP contribution >= 0.6 is 0 Å². The zero-order valence-electron chi connectivity index (χ0n) is 24.4. The van der Waals surface area contributed by atoms with Crippen molar-refractivity contribution in [2.24, 2.45) is 0 Å². The summed E-state index contributed by atoms with van der Waals surface area (Å²) in [6.07, 6.45) is 7.32. The second-order valence-electron chi connectivity index (χ2n) is 12.1. The Morgan fingerprint density at radius 2 is 1.76 bits per heavy atom. The van der Waals surface area contributed by atoms with E-state index in [0.717, 1.165) is 30.8 Å². The maximum Gasteiger partial charge on any atom is 0.229 e. The predicted molar refractivity (Wildman–Crippen MR) is 163 cm³/mol. The molecule has 1 aliphatic carbocycles. The Hall–Kier alpha value is -3.60. The van der Waals surface area contributed by atoms with Crippen LogP contribution in [0.15, 0.2) is 48.8 Å². The fourth-order valence-electron chi connectivity index (χ4n) is 6.79. The second kappa shape index (κ2) is 10.9. The number of aliphatic hydroxyl groups is 1. The number of likely N-dealkylation sites (N-methyl/N-ethyl adjacent to an activating group) is 1. The maximum absolute atomic E-state index is 14.9. The van der Waals surface area contributed by atoms with Gasteiger partial charge in [0.15, 0.2) is 11.5 Å². The molecule has 0 amide bonds. The van der Waals surface area contributed by atoms with Gasteiger partial charge in [0.25, 0.3) is 0 Å². The van der Waals surface area contributed by atoms with Gasteiger partial charge in [-0.05, 0) is 75.0 Å². The Morgan fingerprint density at radius 1 is 1.00 bits per heavy atom. The van der Waals surface area contributed by atoms with Crippen LogP contribution in [0.3, 0.4) is 0 Å². The molecule has 2 fully saturated rings. The lowest BCUT2D eigenvalue weighted by Gasteiger charge is -2.42. The van der Waals surface area contributed by atoms with Crippen LogP contribution < -0.4 is 10.2 Å². The first kappa shape index (κ1) is 27.2. The lowest BCUT2D eigenvalue weighted by atomic mass is 9.98. The van der Waals surface area contributed by atoms with E-state index in [4.69, 9.17) is 4.98 Å². The minimum atomic E-state index is -0.943. The number of piperazine rings is 1. The zero-order valence-corrected chi connectivity index (χ0v) is 24.4. The van der Waals surface area contributed by atoms with E-state index < -0.39 is 11.4 Å². The molecule has 0 radical (unpaired) electrons. The number of fused-ring (bicyclic) bond motifs is 2. The van der Waals surface area contributed by atoms with E-state index in [2.05, 4.69) is 49.2 Å². The summed E-state index contributed by atoms with van der Waals surface area (Å²) in [6, 6.07) is 12.9. The van der Waals surface area contributed by atoms with Crippen molar-refractivity contribution in [3.05, 3.63) is 65.9 Å². The van der Waals surface area contributed by atoms with Crippen LogP contribution in [0.25, 0.3) is 16.9 Å². The Balaban J connectivity index is 1.06. The molecule has 2 N–H and O–H groups in total. The predicted octanol–water partition coefficient (Wildman–Crippen LogP) is 4.46. The Labute approximate surface area is 246 Å². The average Bonchev–Trinajstić information content (AvgIpc) is 3.54. The van der Waals surface area contributed by atoms with Gasteiger partial charge in [-0.25, -0.2) is 14.4 Å². The number of aryl methyl sites for hydroxylation is 1. The van der Waals surface area contributed by atoms with E-state index >= 15 is 0 Å². The molecule has 220 valence electrons. The van der Waals surface area contributed by atoms with E-state index in [-0.39, 0.29) is 0 Å². The largest absolute Gasteiger partial charge is 0.384 e. The highest BCUT2D eigenvalue weighted by atomic mass is 19.1. The molecule has 1 aromatic carbocycles. The van der Waals surface area contributed by atoms with Crippen LogP contribution in [0, 0.1) is 5.82 Å². The molecule has 42 heavy (non-hydrogen) atoms. The van der Waals surface area contributed by atoms with Crippen LogP contribution in [0.1, 0.15) is 43.9 Å². The molecule has 2 aliphatic heterocycles. The van der Waals surface area contributed by atoms with Crippen LogP contribution in [0.2, 0.25) is 0 Å². The molecule has 1 unspecified atom stereocenters. The topological polar surface area (TPSA) is 85.6 Å². The molecule has 0 saturated carbocycles. The monoisotopic (exact) mass is 570 g/mol. The molecule has 2 saturated heterocycles. The number of pyridine rings is 1. The van der Waals surface area contributed by atoms with Gasteiger partial charge in [-0.1, -0.05) is 13.0 Å². The number of benzene rings is 1. The SMILES string of the molecule is CCC1(O)CCc2ccc(-n3cc(F)c4cnc(Nc5ccc(N6CCC(N7CCN(C)CC7)CC6)cc5)nc43)nc21. The van der Waals surface area contributed by atoms with Gasteiger partial charge in [-0.3, -0.25) is 9.47 Å². The third-order valence-electron chi connectivity index (χ3n) is 9.55. The van der Waals surface area contributed by atoms with Gasteiger partial charge in [0, 0.05) is 69.1 Å². The standard InChI is InChI=1S/C32H39FN8O/c1-3-32(42)13-10-22-4-9-28(36-29(22)32)41-21-27(33)26-20-34-31(37-30(26)41)35-23-5-7-24(8-6-23)39-14-11-25(12-15-39)40-18-16-38(2)17-19-40/h4-9,20-21,25,42H,3,10-19H2,1-2H3,(H,34,35,37). The fourth-order valence-corrected chi connectivity index (χ4v) is 6.79. The van der Waals surface area contributed by atoms with Gasteiger partial charge in [0.1, 0.15) is 11.4 Å². The lowest BCUT2D eigenvalue weighted by molar-refractivity contribution is 0.0306. The number of rotatable bonds is 6. The first-order chi connectivity index (χ1) is 20.4. The minimum Gasteiger partial charge on any atom is -0.384 e. The van der Waals surface area contributed by atoms with E-state index in [1.54, 1.807) is 4.57 Å². The summed E-state index contributed by atoms with van der Waals surface area (Å²) < 4.78 is 16.5. The summed E-state index contributed by atoms with van der Waals surface area (Å²) in [7, 11) is 2.21. The molecule has 0 spiro atoms. The third kappa shape index (κ3) is 5.01.